The SMILES string of the molecule is CC(=O)NC[C@H]1CN(c2ccc(N3[13CH2][13CH2]S[13CH2][13CH2]3)c(F)c2)C(=O)O1. The topological polar surface area (TPSA) is 61.9 Å². The van der Waals surface area contributed by atoms with E-state index in [2.05, 4.69) is 5.32 Å². The Hall–Kier alpha value is -1.96. The molecule has 24 heavy (non-hydrogen) atoms. The number of halogens is 1. The van der Waals surface area contributed by atoms with Gasteiger partial charge < -0.3 is 15.0 Å². The summed E-state index contributed by atoms with van der Waals surface area (Å²) in [4.78, 5) is 26.3. The van der Waals surface area contributed by atoms with Crippen LogP contribution in [0.2, 0.25) is 0 Å². The zero-order chi connectivity index (χ0) is 17.1. The van der Waals surface area contributed by atoms with Gasteiger partial charge in [-0.1, -0.05) is 0 Å². The van der Waals surface area contributed by atoms with E-state index in [9.17, 15) is 14.0 Å². The third-order valence-electron chi connectivity index (χ3n) is 4.05. The molecule has 0 radical (unpaired) electrons. The maximum Gasteiger partial charge on any atom is 0.414 e. The minimum absolute atomic E-state index is 0.181. The number of nitrogens with one attached hydrogen (secondary N) is 1. The third-order valence-corrected chi connectivity index (χ3v) is 4.99. The number of benzene rings is 1. The number of rotatable bonds is 4. The highest BCUT2D eigenvalue weighted by Crippen LogP contribution is 2.29. The minimum Gasteiger partial charge on any atom is -0.442 e. The van der Waals surface area contributed by atoms with Gasteiger partial charge in [-0.2, -0.15) is 11.8 Å². The molecule has 2 heterocycles. The highest BCUT2D eigenvalue weighted by Gasteiger charge is 2.32. The molecule has 2 aliphatic heterocycles. The largest absolute Gasteiger partial charge is 0.442 e. The summed E-state index contributed by atoms with van der Waals surface area (Å²) in [7, 11) is 0. The molecule has 3 rings (SSSR count). The van der Waals surface area contributed by atoms with Crippen molar-refractivity contribution in [2.75, 3.05) is 47.5 Å². The first-order valence-electron chi connectivity index (χ1n) is 7.89. The third kappa shape index (κ3) is 3.75. The zero-order valence-electron chi connectivity index (χ0n) is 13.5. The maximum atomic E-state index is 14.5. The number of anilines is 2. The molecule has 0 aliphatic carbocycles. The number of hydrogen-bond donors (Lipinski definition) is 1. The number of thioether (sulfide) groups is 1. The summed E-state index contributed by atoms with van der Waals surface area (Å²) >= 11 is 1.87. The molecule has 1 atom stereocenters. The Morgan fingerprint density at radius 1 is 1.42 bits per heavy atom. The Morgan fingerprint density at radius 2 is 2.17 bits per heavy atom. The van der Waals surface area contributed by atoms with E-state index in [4.69, 9.17) is 4.74 Å². The van der Waals surface area contributed by atoms with Crippen LogP contribution in [0.5, 0.6) is 0 Å². The lowest BCUT2D eigenvalue weighted by molar-refractivity contribution is -0.119. The molecule has 8 heteroatoms. The number of nitrogens with zero attached hydrogens (tertiary/aromatic N) is 2. The zero-order valence-corrected chi connectivity index (χ0v) is 14.3. The van der Waals surface area contributed by atoms with Crippen LogP contribution < -0.4 is 15.1 Å². The van der Waals surface area contributed by atoms with E-state index in [1.54, 1.807) is 12.1 Å². The number of hydrogen-bond acceptors (Lipinski definition) is 5. The number of ether oxygens (including phenoxy) is 1. The molecule has 0 unspecified atom stereocenters. The fraction of sp³-hybridized carbons (Fsp3) is 0.500. The summed E-state index contributed by atoms with van der Waals surface area (Å²) in [5.74, 6) is 1.46. The Balaban J connectivity index is 1.69. The van der Waals surface area contributed by atoms with Gasteiger partial charge in [0.2, 0.25) is 5.91 Å². The van der Waals surface area contributed by atoms with Crippen molar-refractivity contribution >= 4 is 35.1 Å². The van der Waals surface area contributed by atoms with Crippen LogP contribution in [0.1, 0.15) is 6.92 Å². The maximum absolute atomic E-state index is 14.5. The van der Waals surface area contributed by atoms with Gasteiger partial charge in [-0.3, -0.25) is 9.69 Å². The lowest BCUT2D eigenvalue weighted by Gasteiger charge is -2.29. The van der Waals surface area contributed by atoms with Crippen molar-refractivity contribution in [3.05, 3.63) is 24.0 Å². The van der Waals surface area contributed by atoms with Crippen molar-refractivity contribution in [1.82, 2.24) is 5.32 Å². The lowest BCUT2D eigenvalue weighted by Crippen LogP contribution is -2.34. The first kappa shape index (κ1) is 16.9. The van der Waals surface area contributed by atoms with E-state index in [-0.39, 0.29) is 24.8 Å². The van der Waals surface area contributed by atoms with Gasteiger partial charge in [-0.05, 0) is 18.2 Å². The normalized spacial score (nSPS) is 20.9. The van der Waals surface area contributed by atoms with E-state index in [1.165, 1.54) is 17.9 Å². The predicted octanol–water partition coefficient (Wildman–Crippen LogP) is 1.84. The van der Waals surface area contributed by atoms with Gasteiger partial charge in [0.15, 0.2) is 0 Å². The molecule has 0 saturated carbocycles. The second kappa shape index (κ2) is 7.29. The molecule has 0 aromatic heterocycles. The molecule has 2 aliphatic rings. The average molecular weight is 357 g/mol. The van der Waals surface area contributed by atoms with Crippen LogP contribution in [0.4, 0.5) is 20.6 Å². The van der Waals surface area contributed by atoms with E-state index in [0.717, 1.165) is 24.6 Å². The predicted molar refractivity (Wildman–Crippen MR) is 92.2 cm³/mol. The van der Waals surface area contributed by atoms with Gasteiger partial charge in [-0.15, -0.1) is 0 Å². The van der Waals surface area contributed by atoms with E-state index in [1.807, 2.05) is 16.7 Å². The number of carbonyl (C=O) groups is 2. The quantitative estimate of drug-likeness (QED) is 0.834. The monoisotopic (exact) mass is 357 g/mol. The molecule has 2 amide bonds. The minimum atomic E-state index is -0.521. The summed E-state index contributed by atoms with van der Waals surface area (Å²) in [6, 6.07) is 4.83. The standard InChI is InChI=1S/C16H20FN3O3S/c1-11(21)18-9-13-10-20(16(22)23-13)12-2-3-15(14(17)8-12)19-4-6-24-7-5-19/h2-3,8,13H,4-7,9-10H2,1H3,(H,18,21)/t13-/m0/s1/i4+1,5+1,6+1,7+1. The van der Waals surface area contributed by atoms with Gasteiger partial charge in [0, 0.05) is 31.5 Å². The van der Waals surface area contributed by atoms with Crippen LogP contribution in [0.25, 0.3) is 0 Å². The lowest BCUT2D eigenvalue weighted by atomic mass is 10.2. The van der Waals surface area contributed by atoms with Crippen molar-refractivity contribution < 1.29 is 18.7 Å². The molecule has 0 spiro atoms. The Kier molecular flexibility index (Phi) is 5.13. The first-order valence-corrected chi connectivity index (χ1v) is 9.05. The van der Waals surface area contributed by atoms with Crippen LogP contribution in [0, 0.1) is 5.82 Å². The number of cyclic esters (lactones) is 1. The number of amides is 2. The molecule has 1 N–H and O–H groups in total. The number of carbonyl (C=O) groups excluding carboxylic acids is 2. The van der Waals surface area contributed by atoms with Crippen LogP contribution in [-0.4, -0.2) is 55.8 Å². The van der Waals surface area contributed by atoms with Crippen molar-refractivity contribution in [2.24, 2.45) is 0 Å². The van der Waals surface area contributed by atoms with Gasteiger partial charge in [0.25, 0.3) is 0 Å². The molecular formula is C16H20FN3O3S. The van der Waals surface area contributed by atoms with E-state index >= 15 is 0 Å². The fourth-order valence-electron chi connectivity index (χ4n) is 2.82. The molecule has 1 aromatic rings. The molecular weight excluding hydrogens is 337 g/mol. The highest BCUT2D eigenvalue weighted by atomic mass is 32.2. The Labute approximate surface area is 144 Å². The molecule has 0 bridgehead atoms. The molecule has 130 valence electrons. The van der Waals surface area contributed by atoms with E-state index in [0.29, 0.717) is 11.4 Å². The molecule has 2 saturated heterocycles. The molecule has 1 aromatic carbocycles. The smallest absolute Gasteiger partial charge is 0.414 e. The summed E-state index contributed by atoms with van der Waals surface area (Å²) in [6.07, 6.45) is -0.949. The van der Waals surface area contributed by atoms with Crippen LogP contribution in [-0.2, 0) is 9.53 Å². The summed E-state index contributed by atoms with van der Waals surface area (Å²) < 4.78 is 19.7. The van der Waals surface area contributed by atoms with Crippen LogP contribution >= 0.6 is 11.8 Å². The van der Waals surface area contributed by atoms with Crippen LogP contribution in [0.15, 0.2) is 18.2 Å². The van der Waals surface area contributed by atoms with Gasteiger partial charge >= 0.3 is 6.09 Å². The second-order valence-corrected chi connectivity index (χ2v) is 7.01. The second-order valence-electron chi connectivity index (χ2n) is 5.79. The van der Waals surface area contributed by atoms with Gasteiger partial charge in [0.05, 0.1) is 24.5 Å². The summed E-state index contributed by atoms with van der Waals surface area (Å²) in [6.45, 7) is 3.60. The van der Waals surface area contributed by atoms with Crippen molar-refractivity contribution in [2.45, 2.75) is 13.0 Å². The fourth-order valence-corrected chi connectivity index (χ4v) is 3.72. The average Bonchev–Trinajstić information content (AvgIpc) is 2.94. The molecule has 6 nitrogen and oxygen atoms in total. The Bertz CT molecular complexity index is 637. The van der Waals surface area contributed by atoms with Crippen molar-refractivity contribution in [1.29, 1.82) is 0 Å². The van der Waals surface area contributed by atoms with Gasteiger partial charge in [0.1, 0.15) is 11.9 Å². The molecule has 2 fully saturated rings. The van der Waals surface area contributed by atoms with E-state index < -0.39 is 12.2 Å². The summed E-state index contributed by atoms with van der Waals surface area (Å²) in [5, 5.41) is 2.62. The highest BCUT2D eigenvalue weighted by molar-refractivity contribution is 7.99. The van der Waals surface area contributed by atoms with Gasteiger partial charge in [-0.25, -0.2) is 9.18 Å². The van der Waals surface area contributed by atoms with Crippen molar-refractivity contribution in [3.63, 3.8) is 0 Å². The Morgan fingerprint density at radius 3 is 2.83 bits per heavy atom. The van der Waals surface area contributed by atoms with Crippen LogP contribution in [0.3, 0.4) is 0 Å². The summed E-state index contributed by atoms with van der Waals surface area (Å²) in [5.41, 5.74) is 1.04. The van der Waals surface area contributed by atoms with Crippen molar-refractivity contribution in [3.8, 4) is 0 Å². The first-order chi connectivity index (χ1) is 11.5.